The Labute approximate surface area is 94.1 Å². The molecular weight excluding hydrogens is 200 g/mol. The number of rotatable bonds is 3. The number of pyridine rings is 1. The van der Waals surface area contributed by atoms with Crippen LogP contribution in [0.3, 0.4) is 0 Å². The van der Waals surface area contributed by atoms with Crippen molar-refractivity contribution in [1.82, 2.24) is 0 Å². The van der Waals surface area contributed by atoms with Gasteiger partial charge in [0.2, 0.25) is 0 Å². The SMILES string of the molecule is NC(=O)C(c1ccccc1)[n+]1ccccc1. The van der Waals surface area contributed by atoms with Crippen molar-refractivity contribution in [2.24, 2.45) is 5.73 Å². The molecule has 80 valence electrons. The molecule has 0 aliphatic carbocycles. The summed E-state index contributed by atoms with van der Waals surface area (Å²) in [5.74, 6) is -0.359. The fraction of sp³-hybridized carbons (Fsp3) is 0.0769. The van der Waals surface area contributed by atoms with Crippen molar-refractivity contribution in [3.8, 4) is 0 Å². The van der Waals surface area contributed by atoms with Gasteiger partial charge >= 0.3 is 0 Å². The lowest BCUT2D eigenvalue weighted by Crippen LogP contribution is -2.46. The fourth-order valence-corrected chi connectivity index (χ4v) is 1.70. The molecule has 0 radical (unpaired) electrons. The minimum absolute atomic E-state index is 0.359. The number of nitrogens with zero attached hydrogens (tertiary/aromatic N) is 1. The van der Waals surface area contributed by atoms with Gasteiger partial charge < -0.3 is 5.73 Å². The molecule has 0 saturated heterocycles. The Kier molecular flexibility index (Phi) is 2.96. The van der Waals surface area contributed by atoms with Crippen LogP contribution in [0.4, 0.5) is 0 Å². The highest BCUT2D eigenvalue weighted by Gasteiger charge is 2.26. The predicted molar refractivity (Wildman–Crippen MR) is 60.4 cm³/mol. The molecule has 0 bridgehead atoms. The second-order valence-corrected chi connectivity index (χ2v) is 3.54. The molecule has 1 amide bonds. The van der Waals surface area contributed by atoms with Crippen molar-refractivity contribution < 1.29 is 9.36 Å². The normalized spacial score (nSPS) is 12.0. The second kappa shape index (κ2) is 4.57. The van der Waals surface area contributed by atoms with Gasteiger partial charge in [-0.15, -0.1) is 0 Å². The monoisotopic (exact) mass is 213 g/mol. The first kappa shape index (κ1) is 10.4. The first-order valence-corrected chi connectivity index (χ1v) is 5.09. The van der Waals surface area contributed by atoms with Crippen LogP contribution < -0.4 is 10.3 Å². The first-order valence-electron chi connectivity index (χ1n) is 5.09. The standard InChI is InChI=1S/C13H12N2O/c14-13(16)12(11-7-3-1-4-8-11)15-9-5-2-6-10-15/h1-10,12H,(H-,14,16)/p+1. The van der Waals surface area contributed by atoms with Gasteiger partial charge in [-0.1, -0.05) is 36.4 Å². The lowest BCUT2D eigenvalue weighted by Gasteiger charge is -2.08. The molecule has 0 saturated carbocycles. The van der Waals surface area contributed by atoms with E-state index in [0.29, 0.717) is 0 Å². The quantitative estimate of drug-likeness (QED) is 0.761. The van der Waals surface area contributed by atoms with Crippen LogP contribution >= 0.6 is 0 Å². The third kappa shape index (κ3) is 2.08. The largest absolute Gasteiger partial charge is 0.364 e. The number of benzene rings is 1. The van der Waals surface area contributed by atoms with E-state index in [1.165, 1.54) is 0 Å². The minimum Gasteiger partial charge on any atom is -0.364 e. The van der Waals surface area contributed by atoms with Crippen molar-refractivity contribution in [1.29, 1.82) is 0 Å². The van der Waals surface area contributed by atoms with E-state index in [2.05, 4.69) is 0 Å². The molecule has 3 heteroatoms. The maximum Gasteiger partial charge on any atom is 0.291 e. The van der Waals surface area contributed by atoms with Crippen LogP contribution in [0.5, 0.6) is 0 Å². The van der Waals surface area contributed by atoms with Gasteiger partial charge in [0.25, 0.3) is 11.9 Å². The molecule has 16 heavy (non-hydrogen) atoms. The van der Waals surface area contributed by atoms with Crippen LogP contribution in [-0.2, 0) is 4.79 Å². The number of hydrogen-bond acceptors (Lipinski definition) is 1. The highest BCUT2D eigenvalue weighted by Crippen LogP contribution is 2.10. The molecule has 0 fully saturated rings. The number of primary amides is 1. The molecule has 0 spiro atoms. The van der Waals surface area contributed by atoms with Crippen LogP contribution in [-0.4, -0.2) is 5.91 Å². The number of aromatic nitrogens is 1. The molecule has 0 aliphatic rings. The molecule has 2 aromatic rings. The van der Waals surface area contributed by atoms with Crippen LogP contribution in [0.2, 0.25) is 0 Å². The van der Waals surface area contributed by atoms with Crippen molar-refractivity contribution in [2.45, 2.75) is 6.04 Å². The number of nitrogens with two attached hydrogens (primary N) is 1. The van der Waals surface area contributed by atoms with E-state index in [4.69, 9.17) is 5.73 Å². The van der Waals surface area contributed by atoms with Gasteiger partial charge in [-0.2, -0.15) is 4.57 Å². The summed E-state index contributed by atoms with van der Waals surface area (Å²) >= 11 is 0. The Morgan fingerprint density at radius 1 is 1.00 bits per heavy atom. The van der Waals surface area contributed by atoms with E-state index in [9.17, 15) is 4.79 Å². The maximum absolute atomic E-state index is 11.5. The topological polar surface area (TPSA) is 47.0 Å². The van der Waals surface area contributed by atoms with Gasteiger partial charge in [-0.05, 0) is 0 Å². The Balaban J connectivity index is 2.44. The summed E-state index contributed by atoms with van der Waals surface area (Å²) in [7, 11) is 0. The Morgan fingerprint density at radius 3 is 2.12 bits per heavy atom. The van der Waals surface area contributed by atoms with Gasteiger partial charge in [0.15, 0.2) is 12.4 Å². The number of amides is 1. The molecule has 1 heterocycles. The average molecular weight is 213 g/mol. The zero-order valence-corrected chi connectivity index (χ0v) is 8.78. The van der Waals surface area contributed by atoms with Gasteiger partial charge in [0, 0.05) is 17.7 Å². The zero-order chi connectivity index (χ0) is 11.4. The molecule has 1 aromatic carbocycles. The third-order valence-electron chi connectivity index (χ3n) is 2.42. The second-order valence-electron chi connectivity index (χ2n) is 3.54. The lowest BCUT2D eigenvalue weighted by atomic mass is 10.1. The molecular formula is C13H13N2O+. The van der Waals surface area contributed by atoms with E-state index >= 15 is 0 Å². The maximum atomic E-state index is 11.5. The van der Waals surface area contributed by atoms with Gasteiger partial charge in [0.1, 0.15) is 0 Å². The van der Waals surface area contributed by atoms with Crippen molar-refractivity contribution >= 4 is 5.91 Å². The van der Waals surface area contributed by atoms with E-state index in [1.807, 2.05) is 60.9 Å². The van der Waals surface area contributed by atoms with E-state index in [1.54, 1.807) is 4.57 Å². The Bertz CT molecular complexity index is 428. The molecule has 1 aromatic heterocycles. The summed E-state index contributed by atoms with van der Waals surface area (Å²) in [5, 5.41) is 0. The van der Waals surface area contributed by atoms with Crippen LogP contribution in [0.1, 0.15) is 11.6 Å². The number of carbonyl (C=O) groups is 1. The van der Waals surface area contributed by atoms with Gasteiger partial charge in [-0.3, -0.25) is 4.79 Å². The summed E-state index contributed by atoms with van der Waals surface area (Å²) in [6.07, 6.45) is 3.67. The highest BCUT2D eigenvalue weighted by atomic mass is 16.1. The van der Waals surface area contributed by atoms with Crippen LogP contribution in [0, 0.1) is 0 Å². The Morgan fingerprint density at radius 2 is 1.56 bits per heavy atom. The Hall–Kier alpha value is -2.16. The highest BCUT2D eigenvalue weighted by molar-refractivity contribution is 5.79. The molecule has 1 unspecified atom stereocenters. The van der Waals surface area contributed by atoms with E-state index in [-0.39, 0.29) is 5.91 Å². The molecule has 1 atom stereocenters. The summed E-state index contributed by atoms with van der Waals surface area (Å²) in [4.78, 5) is 11.5. The lowest BCUT2D eigenvalue weighted by molar-refractivity contribution is -0.700. The van der Waals surface area contributed by atoms with Crippen molar-refractivity contribution in [2.75, 3.05) is 0 Å². The van der Waals surface area contributed by atoms with Crippen molar-refractivity contribution in [3.05, 3.63) is 66.5 Å². The van der Waals surface area contributed by atoms with E-state index < -0.39 is 6.04 Å². The average Bonchev–Trinajstić information content (AvgIpc) is 2.31. The van der Waals surface area contributed by atoms with Crippen molar-refractivity contribution in [3.63, 3.8) is 0 Å². The molecule has 3 nitrogen and oxygen atoms in total. The molecule has 2 rings (SSSR count). The van der Waals surface area contributed by atoms with Gasteiger partial charge in [-0.25, -0.2) is 0 Å². The minimum atomic E-state index is -0.442. The van der Waals surface area contributed by atoms with Crippen LogP contribution in [0.15, 0.2) is 60.9 Å². The summed E-state index contributed by atoms with van der Waals surface area (Å²) in [6, 6.07) is 14.7. The first-order chi connectivity index (χ1) is 7.79. The predicted octanol–water partition coefficient (Wildman–Crippen LogP) is 1.05. The van der Waals surface area contributed by atoms with Gasteiger partial charge in [0.05, 0.1) is 0 Å². The zero-order valence-electron chi connectivity index (χ0n) is 8.78. The fourth-order valence-electron chi connectivity index (χ4n) is 1.70. The summed E-state index contributed by atoms with van der Waals surface area (Å²) in [6.45, 7) is 0. The van der Waals surface area contributed by atoms with Crippen LogP contribution in [0.25, 0.3) is 0 Å². The summed E-state index contributed by atoms with van der Waals surface area (Å²) < 4.78 is 1.80. The smallest absolute Gasteiger partial charge is 0.291 e. The number of hydrogen-bond donors (Lipinski definition) is 1. The molecule has 2 N–H and O–H groups in total. The third-order valence-corrected chi connectivity index (χ3v) is 2.42. The summed E-state index contributed by atoms with van der Waals surface area (Å²) in [5.41, 5.74) is 6.34. The van der Waals surface area contributed by atoms with E-state index in [0.717, 1.165) is 5.56 Å². The number of carbonyl (C=O) groups excluding carboxylic acids is 1. The molecule has 0 aliphatic heterocycles.